The first kappa shape index (κ1) is 15.6. The number of aliphatic imine (C=N–C) groups is 1. The summed E-state index contributed by atoms with van der Waals surface area (Å²) in [6, 6.07) is 0. The zero-order chi connectivity index (χ0) is 14.2. The van der Waals surface area contributed by atoms with E-state index in [1.165, 1.54) is 45.2 Å². The molecule has 20 heavy (non-hydrogen) atoms. The summed E-state index contributed by atoms with van der Waals surface area (Å²) >= 11 is 0. The first-order valence-electron chi connectivity index (χ1n) is 8.02. The van der Waals surface area contributed by atoms with E-state index in [4.69, 9.17) is 4.74 Å². The normalized spacial score (nSPS) is 25.9. The second kappa shape index (κ2) is 8.47. The second-order valence-electron chi connectivity index (χ2n) is 6.05. The van der Waals surface area contributed by atoms with Crippen molar-refractivity contribution in [2.45, 2.75) is 38.2 Å². The number of ether oxygens (including phenoxy) is 1. The highest BCUT2D eigenvalue weighted by Crippen LogP contribution is 2.18. The van der Waals surface area contributed by atoms with E-state index in [2.05, 4.69) is 27.6 Å². The fourth-order valence-electron chi connectivity index (χ4n) is 2.98. The lowest BCUT2D eigenvalue weighted by Gasteiger charge is -2.29. The molecule has 2 aliphatic heterocycles. The second-order valence-corrected chi connectivity index (χ2v) is 6.05. The molecule has 1 atom stereocenters. The van der Waals surface area contributed by atoms with E-state index >= 15 is 0 Å². The van der Waals surface area contributed by atoms with Crippen molar-refractivity contribution in [1.82, 2.24) is 15.5 Å². The van der Waals surface area contributed by atoms with E-state index in [0.29, 0.717) is 6.10 Å². The molecular formula is C15H30N4O. The first-order valence-corrected chi connectivity index (χ1v) is 8.02. The fourth-order valence-corrected chi connectivity index (χ4v) is 2.98. The highest BCUT2D eigenvalue weighted by Gasteiger charge is 2.17. The van der Waals surface area contributed by atoms with Gasteiger partial charge in [0.15, 0.2) is 5.96 Å². The van der Waals surface area contributed by atoms with Gasteiger partial charge in [0, 0.05) is 26.7 Å². The van der Waals surface area contributed by atoms with Crippen molar-refractivity contribution in [3.8, 4) is 0 Å². The zero-order valence-corrected chi connectivity index (χ0v) is 13.0. The lowest BCUT2D eigenvalue weighted by Crippen LogP contribution is -2.42. The van der Waals surface area contributed by atoms with Gasteiger partial charge in [0.05, 0.1) is 6.10 Å². The number of hydrogen-bond donors (Lipinski definition) is 2. The molecule has 0 aromatic heterocycles. The maximum Gasteiger partial charge on any atom is 0.191 e. The van der Waals surface area contributed by atoms with E-state index < -0.39 is 0 Å². The van der Waals surface area contributed by atoms with Gasteiger partial charge < -0.3 is 20.3 Å². The summed E-state index contributed by atoms with van der Waals surface area (Å²) < 4.78 is 5.61. The highest BCUT2D eigenvalue weighted by molar-refractivity contribution is 5.79. The Morgan fingerprint density at radius 2 is 2.05 bits per heavy atom. The number of piperidine rings is 1. The van der Waals surface area contributed by atoms with E-state index in [9.17, 15) is 0 Å². The SMILES string of the molecule is CN=C(NCCC1CCN(C)CC1)NCC1CCCO1. The Balaban J connectivity index is 1.56. The number of nitrogens with one attached hydrogen (secondary N) is 2. The van der Waals surface area contributed by atoms with E-state index in [1.807, 2.05) is 7.05 Å². The molecule has 0 saturated carbocycles. The highest BCUT2D eigenvalue weighted by atomic mass is 16.5. The molecular weight excluding hydrogens is 252 g/mol. The molecule has 5 nitrogen and oxygen atoms in total. The third kappa shape index (κ3) is 5.29. The van der Waals surface area contributed by atoms with Crippen molar-refractivity contribution >= 4 is 5.96 Å². The minimum atomic E-state index is 0.363. The Bertz CT molecular complexity index is 294. The van der Waals surface area contributed by atoms with Gasteiger partial charge in [-0.1, -0.05) is 0 Å². The monoisotopic (exact) mass is 282 g/mol. The maximum absolute atomic E-state index is 5.61. The molecule has 2 aliphatic rings. The van der Waals surface area contributed by atoms with Crippen LogP contribution in [-0.2, 0) is 4.74 Å². The Morgan fingerprint density at radius 3 is 2.70 bits per heavy atom. The average Bonchev–Trinajstić information content (AvgIpc) is 2.98. The Hall–Kier alpha value is -0.810. The van der Waals surface area contributed by atoms with Gasteiger partial charge >= 0.3 is 0 Å². The zero-order valence-electron chi connectivity index (χ0n) is 13.0. The van der Waals surface area contributed by atoms with Gasteiger partial charge in [-0.25, -0.2) is 0 Å². The molecule has 0 radical (unpaired) electrons. The quantitative estimate of drug-likeness (QED) is 0.585. The van der Waals surface area contributed by atoms with Crippen LogP contribution < -0.4 is 10.6 Å². The van der Waals surface area contributed by atoms with Crippen LogP contribution in [0.3, 0.4) is 0 Å². The predicted molar refractivity (Wildman–Crippen MR) is 83.2 cm³/mol. The molecule has 2 N–H and O–H groups in total. The number of nitrogens with zero attached hydrogens (tertiary/aromatic N) is 2. The standard InChI is InChI=1S/C15H30N4O/c1-16-15(18-12-14-4-3-11-20-14)17-8-5-13-6-9-19(2)10-7-13/h13-14H,3-12H2,1-2H3,(H2,16,17,18). The van der Waals surface area contributed by atoms with Gasteiger partial charge in [-0.15, -0.1) is 0 Å². The summed E-state index contributed by atoms with van der Waals surface area (Å²) in [5, 5.41) is 6.78. The Labute approximate surface area is 123 Å². The van der Waals surface area contributed by atoms with Crippen LogP contribution >= 0.6 is 0 Å². The molecule has 2 fully saturated rings. The molecule has 0 bridgehead atoms. The summed E-state index contributed by atoms with van der Waals surface area (Å²) in [4.78, 5) is 6.70. The van der Waals surface area contributed by atoms with Crippen LogP contribution in [0.2, 0.25) is 0 Å². The molecule has 0 aromatic rings. The predicted octanol–water partition coefficient (Wildman–Crippen LogP) is 1.06. The summed E-state index contributed by atoms with van der Waals surface area (Å²) in [6.45, 7) is 5.29. The molecule has 1 unspecified atom stereocenters. The van der Waals surface area contributed by atoms with Gasteiger partial charge in [-0.2, -0.15) is 0 Å². The van der Waals surface area contributed by atoms with Crippen molar-refractivity contribution in [2.24, 2.45) is 10.9 Å². The summed E-state index contributed by atoms with van der Waals surface area (Å²) in [6.07, 6.45) is 6.63. The summed E-state index contributed by atoms with van der Waals surface area (Å²) in [5.41, 5.74) is 0. The molecule has 0 spiro atoms. The molecule has 2 heterocycles. The first-order chi connectivity index (χ1) is 9.78. The van der Waals surface area contributed by atoms with E-state index in [1.54, 1.807) is 0 Å². The third-order valence-electron chi connectivity index (χ3n) is 4.43. The van der Waals surface area contributed by atoms with Crippen LogP contribution in [-0.4, -0.2) is 63.8 Å². The lowest BCUT2D eigenvalue weighted by molar-refractivity contribution is 0.114. The summed E-state index contributed by atoms with van der Waals surface area (Å²) in [5.74, 6) is 1.78. The smallest absolute Gasteiger partial charge is 0.191 e. The van der Waals surface area contributed by atoms with Crippen LogP contribution in [0.25, 0.3) is 0 Å². The van der Waals surface area contributed by atoms with Crippen molar-refractivity contribution in [3.05, 3.63) is 0 Å². The molecule has 5 heteroatoms. The molecule has 2 saturated heterocycles. The molecule has 0 amide bonds. The van der Waals surface area contributed by atoms with Crippen molar-refractivity contribution in [1.29, 1.82) is 0 Å². The van der Waals surface area contributed by atoms with Gasteiger partial charge in [-0.05, 0) is 58.2 Å². The molecule has 0 aliphatic carbocycles. The van der Waals surface area contributed by atoms with Gasteiger partial charge in [0.2, 0.25) is 0 Å². The number of guanidine groups is 1. The van der Waals surface area contributed by atoms with Gasteiger partial charge in [0.25, 0.3) is 0 Å². The summed E-state index contributed by atoms with van der Waals surface area (Å²) in [7, 11) is 4.05. The van der Waals surface area contributed by atoms with Crippen molar-refractivity contribution in [3.63, 3.8) is 0 Å². The maximum atomic E-state index is 5.61. The third-order valence-corrected chi connectivity index (χ3v) is 4.43. The number of likely N-dealkylation sites (tertiary alicyclic amines) is 1. The van der Waals surface area contributed by atoms with E-state index in [0.717, 1.165) is 31.6 Å². The van der Waals surface area contributed by atoms with Crippen molar-refractivity contribution < 1.29 is 4.74 Å². The minimum Gasteiger partial charge on any atom is -0.376 e. The van der Waals surface area contributed by atoms with Crippen molar-refractivity contribution in [2.75, 3.05) is 46.9 Å². The molecule has 0 aromatic carbocycles. The molecule has 116 valence electrons. The Kier molecular flexibility index (Phi) is 6.60. The average molecular weight is 282 g/mol. The Morgan fingerprint density at radius 1 is 1.25 bits per heavy atom. The van der Waals surface area contributed by atoms with Crippen LogP contribution in [0.15, 0.2) is 4.99 Å². The minimum absolute atomic E-state index is 0.363. The topological polar surface area (TPSA) is 48.9 Å². The largest absolute Gasteiger partial charge is 0.376 e. The van der Waals surface area contributed by atoms with Gasteiger partial charge in [0.1, 0.15) is 0 Å². The molecule has 2 rings (SSSR count). The fraction of sp³-hybridized carbons (Fsp3) is 0.933. The van der Waals surface area contributed by atoms with Crippen LogP contribution in [0.5, 0.6) is 0 Å². The van der Waals surface area contributed by atoms with Gasteiger partial charge in [-0.3, -0.25) is 4.99 Å². The number of hydrogen-bond acceptors (Lipinski definition) is 3. The number of rotatable bonds is 5. The van der Waals surface area contributed by atoms with Crippen LogP contribution in [0, 0.1) is 5.92 Å². The van der Waals surface area contributed by atoms with Crippen LogP contribution in [0.1, 0.15) is 32.1 Å². The lowest BCUT2D eigenvalue weighted by atomic mass is 9.94. The van der Waals surface area contributed by atoms with Crippen LogP contribution in [0.4, 0.5) is 0 Å². The van der Waals surface area contributed by atoms with E-state index in [-0.39, 0.29) is 0 Å².